The second-order valence-electron chi connectivity index (χ2n) is 4.60. The summed E-state index contributed by atoms with van der Waals surface area (Å²) >= 11 is 5.91. The van der Waals surface area contributed by atoms with Gasteiger partial charge in [-0.2, -0.15) is 0 Å². The first kappa shape index (κ1) is 11.5. The monoisotopic (exact) mass is 260 g/mol. The molecular weight excluding hydrogens is 248 g/mol. The topological polar surface area (TPSA) is 51.6 Å². The quantitative estimate of drug-likeness (QED) is 0.797. The van der Waals surface area contributed by atoms with E-state index < -0.39 is 0 Å². The number of rotatable bonds is 3. The molecule has 0 saturated heterocycles. The van der Waals surface area contributed by atoms with Gasteiger partial charge < -0.3 is 0 Å². The van der Waals surface area contributed by atoms with Gasteiger partial charge in [-0.1, -0.05) is 0 Å². The van der Waals surface area contributed by atoms with Crippen LogP contribution in [0.5, 0.6) is 0 Å². The van der Waals surface area contributed by atoms with Crippen LogP contribution in [0.25, 0.3) is 11.6 Å². The highest BCUT2D eigenvalue weighted by Crippen LogP contribution is 2.41. The Bertz CT molecular complexity index is 564. The molecule has 1 fully saturated rings. The largest absolute Gasteiger partial charge is 0.234 e. The summed E-state index contributed by atoms with van der Waals surface area (Å²) in [7, 11) is 0. The third kappa shape index (κ3) is 2.20. The lowest BCUT2D eigenvalue weighted by Gasteiger charge is -2.06. The number of hydrogen-bond donors (Lipinski definition) is 0. The molecule has 0 atom stereocenters. The van der Waals surface area contributed by atoms with Crippen molar-refractivity contribution >= 4 is 11.6 Å². The van der Waals surface area contributed by atoms with Gasteiger partial charge in [-0.15, -0.1) is 11.6 Å². The fourth-order valence-electron chi connectivity index (χ4n) is 1.85. The second kappa shape index (κ2) is 4.61. The third-order valence-electron chi connectivity index (χ3n) is 2.99. The lowest BCUT2D eigenvalue weighted by Crippen LogP contribution is -2.01. The van der Waals surface area contributed by atoms with Crippen LogP contribution < -0.4 is 0 Å². The van der Waals surface area contributed by atoms with E-state index in [4.69, 9.17) is 11.6 Å². The van der Waals surface area contributed by atoms with Crippen molar-refractivity contribution in [2.45, 2.75) is 31.6 Å². The average Bonchev–Trinajstić information content (AvgIpc) is 3.23. The van der Waals surface area contributed by atoms with Crippen LogP contribution in [0, 0.1) is 6.92 Å². The van der Waals surface area contributed by atoms with E-state index in [1.54, 1.807) is 18.6 Å². The van der Waals surface area contributed by atoms with Gasteiger partial charge in [0.25, 0.3) is 0 Å². The lowest BCUT2D eigenvalue weighted by molar-refractivity contribution is 0.942. The third-order valence-corrected chi connectivity index (χ3v) is 3.27. The predicted molar refractivity (Wildman–Crippen MR) is 69.3 cm³/mol. The van der Waals surface area contributed by atoms with E-state index in [0.29, 0.717) is 23.4 Å². The van der Waals surface area contributed by atoms with Gasteiger partial charge in [0.2, 0.25) is 0 Å². The first-order valence-electron chi connectivity index (χ1n) is 5.98. The maximum absolute atomic E-state index is 5.91. The maximum Gasteiger partial charge on any atom is 0.197 e. The van der Waals surface area contributed by atoms with Gasteiger partial charge in [-0.25, -0.2) is 19.9 Å². The highest BCUT2D eigenvalue weighted by atomic mass is 35.5. The van der Waals surface area contributed by atoms with Gasteiger partial charge in [0.05, 0.1) is 11.6 Å². The average molecular weight is 261 g/mol. The Hall–Kier alpha value is -1.55. The maximum atomic E-state index is 5.91. The molecule has 18 heavy (non-hydrogen) atoms. The molecule has 0 aromatic carbocycles. The number of hydrogen-bond acceptors (Lipinski definition) is 4. The smallest absolute Gasteiger partial charge is 0.197 e. The number of halogens is 1. The molecule has 92 valence electrons. The highest BCUT2D eigenvalue weighted by molar-refractivity contribution is 6.17. The minimum absolute atomic E-state index is 0.459. The zero-order valence-corrected chi connectivity index (χ0v) is 10.9. The lowest BCUT2D eigenvalue weighted by atomic mass is 10.2. The molecule has 0 N–H and O–H groups in total. The summed E-state index contributed by atoms with van der Waals surface area (Å²) in [5, 5.41) is 0. The van der Waals surface area contributed by atoms with E-state index in [-0.39, 0.29) is 0 Å². The van der Waals surface area contributed by atoms with Gasteiger partial charge in [0.1, 0.15) is 0 Å². The van der Waals surface area contributed by atoms with Gasteiger partial charge >= 0.3 is 0 Å². The molecule has 0 bridgehead atoms. The first-order valence-corrected chi connectivity index (χ1v) is 6.52. The van der Waals surface area contributed by atoms with Crippen LogP contribution in [-0.4, -0.2) is 19.9 Å². The zero-order chi connectivity index (χ0) is 12.5. The summed E-state index contributed by atoms with van der Waals surface area (Å²) in [4.78, 5) is 17.4. The summed E-state index contributed by atoms with van der Waals surface area (Å²) in [5.74, 6) is 2.17. The highest BCUT2D eigenvalue weighted by Gasteiger charge is 2.28. The van der Waals surface area contributed by atoms with Crippen LogP contribution in [0.3, 0.4) is 0 Å². The normalized spacial score (nSPS) is 14.8. The van der Waals surface area contributed by atoms with E-state index >= 15 is 0 Å². The Morgan fingerprint density at radius 1 is 1.11 bits per heavy atom. The standard InChI is InChI=1S/C13H13ClN4/c1-8-5-15-12(16-6-8)13-17-7-10(4-14)11(18-13)9-2-3-9/h5-7,9H,2-4H2,1H3. The summed E-state index contributed by atoms with van der Waals surface area (Å²) in [5.41, 5.74) is 3.12. The number of alkyl halides is 1. The van der Waals surface area contributed by atoms with Crippen molar-refractivity contribution in [1.29, 1.82) is 0 Å². The van der Waals surface area contributed by atoms with Crippen LogP contribution in [0.2, 0.25) is 0 Å². The Labute approximate surface area is 110 Å². The van der Waals surface area contributed by atoms with E-state index in [0.717, 1.165) is 16.8 Å². The summed E-state index contributed by atoms with van der Waals surface area (Å²) in [6.45, 7) is 1.96. The zero-order valence-electron chi connectivity index (χ0n) is 10.1. The molecule has 3 rings (SSSR count). The van der Waals surface area contributed by atoms with Crippen molar-refractivity contribution in [1.82, 2.24) is 19.9 Å². The predicted octanol–water partition coefficient (Wildman–Crippen LogP) is 2.86. The van der Waals surface area contributed by atoms with Crippen LogP contribution in [0.4, 0.5) is 0 Å². The molecule has 0 amide bonds. The molecular formula is C13H13ClN4. The van der Waals surface area contributed by atoms with E-state index in [9.17, 15) is 0 Å². The molecule has 2 aromatic heterocycles. The fourth-order valence-corrected chi connectivity index (χ4v) is 2.05. The summed E-state index contributed by atoms with van der Waals surface area (Å²) in [6.07, 6.45) is 7.73. The second-order valence-corrected chi connectivity index (χ2v) is 4.86. The van der Waals surface area contributed by atoms with E-state index in [1.807, 2.05) is 6.92 Å². The van der Waals surface area contributed by atoms with Crippen molar-refractivity contribution < 1.29 is 0 Å². The van der Waals surface area contributed by atoms with Crippen molar-refractivity contribution in [3.8, 4) is 11.6 Å². The molecule has 0 aliphatic heterocycles. The Morgan fingerprint density at radius 2 is 1.78 bits per heavy atom. The van der Waals surface area contributed by atoms with Gasteiger partial charge in [-0.05, 0) is 25.3 Å². The first-order chi connectivity index (χ1) is 8.78. The molecule has 1 aliphatic rings. The van der Waals surface area contributed by atoms with Gasteiger partial charge in [0, 0.05) is 30.1 Å². The van der Waals surface area contributed by atoms with Crippen molar-refractivity contribution in [3.05, 3.63) is 35.4 Å². The SMILES string of the molecule is Cc1cnc(-c2ncc(CCl)c(C3CC3)n2)nc1. The molecule has 5 heteroatoms. The van der Waals surface area contributed by atoms with Crippen LogP contribution in [0.1, 0.15) is 35.6 Å². The molecule has 1 aliphatic carbocycles. The van der Waals surface area contributed by atoms with Crippen molar-refractivity contribution in [2.75, 3.05) is 0 Å². The Morgan fingerprint density at radius 3 is 2.39 bits per heavy atom. The summed E-state index contributed by atoms with van der Waals surface area (Å²) < 4.78 is 0. The number of aromatic nitrogens is 4. The minimum Gasteiger partial charge on any atom is -0.234 e. The van der Waals surface area contributed by atoms with Crippen LogP contribution in [0.15, 0.2) is 18.6 Å². The molecule has 0 unspecified atom stereocenters. The fraction of sp³-hybridized carbons (Fsp3) is 0.385. The molecule has 4 nitrogen and oxygen atoms in total. The van der Waals surface area contributed by atoms with Crippen molar-refractivity contribution in [3.63, 3.8) is 0 Å². The molecule has 1 saturated carbocycles. The van der Waals surface area contributed by atoms with Gasteiger partial charge in [-0.3, -0.25) is 0 Å². The minimum atomic E-state index is 0.459. The van der Waals surface area contributed by atoms with Crippen LogP contribution >= 0.6 is 11.6 Å². The van der Waals surface area contributed by atoms with E-state index in [2.05, 4.69) is 19.9 Å². The van der Waals surface area contributed by atoms with Crippen molar-refractivity contribution in [2.24, 2.45) is 0 Å². The Kier molecular flexibility index (Phi) is 2.96. The van der Waals surface area contributed by atoms with Crippen LogP contribution in [-0.2, 0) is 5.88 Å². The number of aryl methyl sites for hydroxylation is 1. The summed E-state index contributed by atoms with van der Waals surface area (Å²) in [6, 6.07) is 0. The Balaban J connectivity index is 2.02. The van der Waals surface area contributed by atoms with Gasteiger partial charge in [0.15, 0.2) is 11.6 Å². The molecule has 0 radical (unpaired) electrons. The molecule has 2 heterocycles. The number of nitrogens with zero attached hydrogens (tertiary/aromatic N) is 4. The molecule has 0 spiro atoms. The molecule has 2 aromatic rings. The van der Waals surface area contributed by atoms with E-state index in [1.165, 1.54) is 12.8 Å².